The van der Waals surface area contributed by atoms with E-state index in [-0.39, 0.29) is 12.1 Å². The maximum absolute atomic E-state index is 12.7. The van der Waals surface area contributed by atoms with Crippen LogP contribution < -0.4 is 4.90 Å². The SMILES string of the molecule is CCOC(=O)[C@H](C)N1C(=O)S/C(=C/c2ccc3c(c2)C(C)=CC(C)(C)N3C)C1=O. The van der Waals surface area contributed by atoms with Crippen LogP contribution in [0.2, 0.25) is 0 Å². The zero-order chi connectivity index (χ0) is 21.5. The van der Waals surface area contributed by atoms with E-state index in [1.807, 2.05) is 18.2 Å². The number of thioether (sulfide) groups is 1. The Hall–Kier alpha value is -2.54. The van der Waals surface area contributed by atoms with Crippen LogP contribution in [0.25, 0.3) is 11.6 Å². The number of likely N-dealkylation sites (N-methyl/N-ethyl adjacent to an activating group) is 1. The molecule has 1 aromatic rings. The molecule has 2 aliphatic heterocycles. The van der Waals surface area contributed by atoms with Crippen molar-refractivity contribution in [3.05, 3.63) is 40.3 Å². The minimum Gasteiger partial charge on any atom is -0.464 e. The van der Waals surface area contributed by atoms with Gasteiger partial charge in [0.15, 0.2) is 0 Å². The third kappa shape index (κ3) is 3.83. The lowest BCUT2D eigenvalue weighted by molar-refractivity contribution is -0.150. The van der Waals surface area contributed by atoms with E-state index >= 15 is 0 Å². The molecule has 0 aliphatic carbocycles. The molecule has 154 valence electrons. The average molecular weight is 415 g/mol. The number of rotatable bonds is 4. The van der Waals surface area contributed by atoms with Crippen LogP contribution in [0.5, 0.6) is 0 Å². The Bertz CT molecular complexity index is 948. The molecule has 7 heteroatoms. The standard InChI is InChI=1S/C22H26N2O4S/c1-7-28-20(26)14(3)24-19(25)18(29-21(24)27)11-15-8-9-17-16(10-15)13(2)12-22(4,5)23(17)6/h8-12,14H,7H2,1-6H3/b18-11+/t14-/m0/s1. The van der Waals surface area contributed by atoms with Crippen molar-refractivity contribution in [3.63, 3.8) is 0 Å². The van der Waals surface area contributed by atoms with Crippen LogP contribution in [0.1, 0.15) is 45.7 Å². The molecule has 0 N–H and O–H groups in total. The summed E-state index contributed by atoms with van der Waals surface area (Å²) in [5.74, 6) is -1.06. The van der Waals surface area contributed by atoms with Gasteiger partial charge in [-0.3, -0.25) is 14.5 Å². The van der Waals surface area contributed by atoms with E-state index in [0.717, 1.165) is 33.5 Å². The van der Waals surface area contributed by atoms with Crippen molar-refractivity contribution in [3.8, 4) is 0 Å². The van der Waals surface area contributed by atoms with Crippen LogP contribution >= 0.6 is 11.8 Å². The van der Waals surface area contributed by atoms with Crippen molar-refractivity contribution < 1.29 is 19.1 Å². The largest absolute Gasteiger partial charge is 0.464 e. The van der Waals surface area contributed by atoms with Crippen molar-refractivity contribution in [1.82, 2.24) is 4.90 Å². The number of nitrogens with zero attached hydrogens (tertiary/aromatic N) is 2. The number of esters is 1. The highest BCUT2D eigenvalue weighted by Crippen LogP contribution is 2.39. The fraction of sp³-hybridized carbons (Fsp3) is 0.409. The molecule has 2 heterocycles. The first-order valence-corrected chi connectivity index (χ1v) is 10.4. The fourth-order valence-electron chi connectivity index (χ4n) is 3.60. The van der Waals surface area contributed by atoms with Crippen LogP contribution in [-0.2, 0) is 14.3 Å². The van der Waals surface area contributed by atoms with E-state index in [1.165, 1.54) is 12.5 Å². The molecular weight excluding hydrogens is 388 g/mol. The molecule has 2 aliphatic rings. The Morgan fingerprint density at radius 3 is 2.66 bits per heavy atom. The van der Waals surface area contributed by atoms with Crippen LogP contribution in [-0.4, -0.2) is 47.3 Å². The lowest BCUT2D eigenvalue weighted by atomic mass is 9.88. The summed E-state index contributed by atoms with van der Waals surface area (Å²) < 4.78 is 4.94. The topological polar surface area (TPSA) is 66.9 Å². The van der Waals surface area contributed by atoms with E-state index in [0.29, 0.717) is 4.91 Å². The molecule has 2 amide bonds. The quantitative estimate of drug-likeness (QED) is 0.540. The Kier molecular flexibility index (Phi) is 5.63. The summed E-state index contributed by atoms with van der Waals surface area (Å²) in [6.07, 6.45) is 3.92. The van der Waals surface area contributed by atoms with Gasteiger partial charge in [0, 0.05) is 18.3 Å². The zero-order valence-electron chi connectivity index (χ0n) is 17.6. The predicted molar refractivity (Wildman–Crippen MR) is 116 cm³/mol. The summed E-state index contributed by atoms with van der Waals surface area (Å²) >= 11 is 0.845. The first kappa shape index (κ1) is 21.2. The highest BCUT2D eigenvalue weighted by molar-refractivity contribution is 8.18. The molecule has 0 aromatic heterocycles. The van der Waals surface area contributed by atoms with E-state index < -0.39 is 23.2 Å². The average Bonchev–Trinajstić information content (AvgIpc) is 2.92. The first-order valence-electron chi connectivity index (χ1n) is 9.58. The molecule has 29 heavy (non-hydrogen) atoms. The van der Waals surface area contributed by atoms with Gasteiger partial charge in [-0.1, -0.05) is 12.1 Å². The second-order valence-electron chi connectivity index (χ2n) is 7.80. The van der Waals surface area contributed by atoms with Crippen molar-refractivity contribution in [2.24, 2.45) is 0 Å². The maximum atomic E-state index is 12.7. The van der Waals surface area contributed by atoms with E-state index in [2.05, 4.69) is 38.8 Å². The van der Waals surface area contributed by atoms with Crippen molar-refractivity contribution >= 4 is 46.2 Å². The number of anilines is 1. The van der Waals surface area contributed by atoms with Crippen molar-refractivity contribution in [1.29, 1.82) is 0 Å². The first-order chi connectivity index (χ1) is 13.6. The highest BCUT2D eigenvalue weighted by atomic mass is 32.2. The summed E-state index contributed by atoms with van der Waals surface area (Å²) in [6, 6.07) is 5.05. The van der Waals surface area contributed by atoms with Gasteiger partial charge < -0.3 is 9.64 Å². The molecule has 1 saturated heterocycles. The third-order valence-electron chi connectivity index (χ3n) is 5.38. The van der Waals surface area contributed by atoms with E-state index in [1.54, 1.807) is 13.0 Å². The summed E-state index contributed by atoms with van der Waals surface area (Å²) in [7, 11) is 2.06. The van der Waals surface area contributed by atoms with Gasteiger partial charge in [-0.05, 0) is 75.7 Å². The molecule has 1 aromatic carbocycles. The van der Waals surface area contributed by atoms with Gasteiger partial charge in [0.1, 0.15) is 6.04 Å². The second kappa shape index (κ2) is 7.71. The van der Waals surface area contributed by atoms with Gasteiger partial charge in [-0.25, -0.2) is 4.79 Å². The maximum Gasteiger partial charge on any atom is 0.329 e. The lowest BCUT2D eigenvalue weighted by Crippen LogP contribution is -2.42. The molecule has 3 rings (SSSR count). The van der Waals surface area contributed by atoms with E-state index in [9.17, 15) is 14.4 Å². The van der Waals surface area contributed by atoms with Crippen LogP contribution in [0, 0.1) is 0 Å². The number of carbonyl (C=O) groups excluding carboxylic acids is 3. The number of allylic oxidation sites excluding steroid dienone is 1. The molecule has 1 atom stereocenters. The molecule has 6 nitrogen and oxygen atoms in total. The van der Waals surface area contributed by atoms with Gasteiger partial charge in [0.2, 0.25) is 0 Å². The number of hydrogen-bond donors (Lipinski definition) is 0. The summed E-state index contributed by atoms with van der Waals surface area (Å²) in [6.45, 7) is 9.78. The Labute approximate surface area is 175 Å². The third-order valence-corrected chi connectivity index (χ3v) is 6.26. The van der Waals surface area contributed by atoms with Crippen LogP contribution in [0.15, 0.2) is 29.2 Å². The van der Waals surface area contributed by atoms with Gasteiger partial charge in [-0.15, -0.1) is 0 Å². The number of carbonyl (C=O) groups is 3. The van der Waals surface area contributed by atoms with Gasteiger partial charge >= 0.3 is 5.97 Å². The van der Waals surface area contributed by atoms with Gasteiger partial charge in [-0.2, -0.15) is 0 Å². The Morgan fingerprint density at radius 2 is 2.00 bits per heavy atom. The van der Waals surface area contributed by atoms with Crippen molar-refractivity contribution in [2.75, 3.05) is 18.6 Å². The molecule has 0 bridgehead atoms. The zero-order valence-corrected chi connectivity index (χ0v) is 18.4. The molecule has 1 fully saturated rings. The van der Waals surface area contributed by atoms with Crippen molar-refractivity contribution in [2.45, 2.75) is 46.2 Å². The second-order valence-corrected chi connectivity index (χ2v) is 8.79. The monoisotopic (exact) mass is 414 g/mol. The molecule has 0 saturated carbocycles. The molecule has 0 spiro atoms. The summed E-state index contributed by atoms with van der Waals surface area (Å²) in [5, 5.41) is -0.461. The van der Waals surface area contributed by atoms with Crippen LogP contribution in [0.3, 0.4) is 0 Å². The van der Waals surface area contributed by atoms with Crippen LogP contribution in [0.4, 0.5) is 10.5 Å². The fourth-order valence-corrected chi connectivity index (χ4v) is 4.51. The Morgan fingerprint density at radius 1 is 1.31 bits per heavy atom. The number of ether oxygens (including phenoxy) is 1. The van der Waals surface area contributed by atoms with Gasteiger partial charge in [0.25, 0.3) is 11.1 Å². The van der Waals surface area contributed by atoms with Gasteiger partial charge in [0.05, 0.1) is 17.1 Å². The molecular formula is C22H26N2O4S. The highest BCUT2D eigenvalue weighted by Gasteiger charge is 2.41. The number of fused-ring (bicyclic) bond motifs is 1. The van der Waals surface area contributed by atoms with E-state index in [4.69, 9.17) is 4.74 Å². The number of imide groups is 1. The molecule has 0 radical (unpaired) electrons. The lowest BCUT2D eigenvalue weighted by Gasteiger charge is -2.40. The summed E-state index contributed by atoms with van der Waals surface area (Å²) in [4.78, 5) is 40.5. The normalized spacial score (nSPS) is 20.6. The number of hydrogen-bond acceptors (Lipinski definition) is 6. The minimum atomic E-state index is -0.946. The number of benzene rings is 1. The predicted octanol–water partition coefficient (Wildman–Crippen LogP) is 4.31. The number of amides is 2. The summed E-state index contributed by atoms with van der Waals surface area (Å²) in [5.41, 5.74) is 4.14. The minimum absolute atomic E-state index is 0.0789. The smallest absolute Gasteiger partial charge is 0.329 e. The Balaban J connectivity index is 1.90. The molecule has 0 unspecified atom stereocenters.